The maximum absolute atomic E-state index is 10.2. The first-order chi connectivity index (χ1) is 13.7. The largest absolute Gasteiger partial charge is 0.393 e. The maximum atomic E-state index is 10.2. The molecule has 2 unspecified atom stereocenters. The van der Waals surface area contributed by atoms with Crippen molar-refractivity contribution < 1.29 is 5.11 Å². The van der Waals surface area contributed by atoms with Crippen molar-refractivity contribution in [3.8, 4) is 0 Å². The van der Waals surface area contributed by atoms with Crippen molar-refractivity contribution >= 4 is 0 Å². The molecule has 8 atom stereocenters. The summed E-state index contributed by atoms with van der Waals surface area (Å²) in [6, 6.07) is 0. The third kappa shape index (κ3) is 3.50. The van der Waals surface area contributed by atoms with Gasteiger partial charge in [0.25, 0.3) is 0 Å². The standard InChI is InChI=1S/C28H44O/c1-18(2)19(3)7-8-20(4)24-11-12-25-23-10-9-21-17-22(29)13-15-27(21,5)26(23)14-16-28(24,25)6/h7-10,18-20,22,24-26,29H,11-17H2,1-6H3/t19-,20+,22-,24+,25-,26?,27?,28+/m0/s1. The van der Waals surface area contributed by atoms with E-state index in [4.69, 9.17) is 0 Å². The lowest BCUT2D eigenvalue weighted by Gasteiger charge is -2.55. The Bertz CT molecular complexity index is 712. The molecule has 0 aromatic heterocycles. The summed E-state index contributed by atoms with van der Waals surface area (Å²) in [6.07, 6.45) is 18.4. The molecule has 1 nitrogen and oxygen atoms in total. The second kappa shape index (κ2) is 7.70. The minimum Gasteiger partial charge on any atom is -0.393 e. The number of hydrogen-bond donors (Lipinski definition) is 1. The number of fused-ring (bicyclic) bond motifs is 5. The zero-order valence-electron chi connectivity index (χ0n) is 19.7. The fourth-order valence-corrected chi connectivity index (χ4v) is 7.59. The van der Waals surface area contributed by atoms with E-state index in [1.54, 1.807) is 5.57 Å². The third-order valence-electron chi connectivity index (χ3n) is 10.0. The van der Waals surface area contributed by atoms with E-state index in [1.165, 1.54) is 37.7 Å². The molecule has 0 saturated heterocycles. The van der Waals surface area contributed by atoms with Gasteiger partial charge in [-0.15, -0.1) is 0 Å². The molecule has 4 aliphatic carbocycles. The molecule has 3 saturated carbocycles. The van der Waals surface area contributed by atoms with Crippen LogP contribution in [0.5, 0.6) is 0 Å². The van der Waals surface area contributed by atoms with Crippen LogP contribution in [0.25, 0.3) is 0 Å². The molecular formula is C28H44O. The summed E-state index contributed by atoms with van der Waals surface area (Å²) < 4.78 is 0. The lowest BCUT2D eigenvalue weighted by atomic mass is 9.50. The van der Waals surface area contributed by atoms with Crippen molar-refractivity contribution in [2.24, 2.45) is 46.3 Å². The maximum Gasteiger partial charge on any atom is 0.0578 e. The Morgan fingerprint density at radius 1 is 0.931 bits per heavy atom. The molecule has 0 amide bonds. The van der Waals surface area contributed by atoms with Gasteiger partial charge < -0.3 is 5.11 Å². The SMILES string of the molecule is CC(C)[C@@H](C)C=C[C@@H](C)[C@H]1CC[C@H]2C3=CC=C4C[C@@H](O)CCC4(C)C3CC[C@]12C. The highest BCUT2D eigenvalue weighted by Crippen LogP contribution is 2.65. The van der Waals surface area contributed by atoms with E-state index in [1.807, 2.05) is 0 Å². The molecule has 0 spiro atoms. The van der Waals surface area contributed by atoms with Gasteiger partial charge in [-0.2, -0.15) is 0 Å². The zero-order valence-corrected chi connectivity index (χ0v) is 19.7. The monoisotopic (exact) mass is 396 g/mol. The predicted molar refractivity (Wildman–Crippen MR) is 123 cm³/mol. The van der Waals surface area contributed by atoms with Crippen LogP contribution in [0.4, 0.5) is 0 Å². The van der Waals surface area contributed by atoms with Gasteiger partial charge in [-0.05, 0) is 91.3 Å². The van der Waals surface area contributed by atoms with Crippen LogP contribution in [-0.4, -0.2) is 11.2 Å². The van der Waals surface area contributed by atoms with Gasteiger partial charge >= 0.3 is 0 Å². The van der Waals surface area contributed by atoms with Crippen molar-refractivity contribution in [3.05, 3.63) is 35.5 Å². The van der Waals surface area contributed by atoms with Crippen molar-refractivity contribution in [2.75, 3.05) is 0 Å². The summed E-state index contributed by atoms with van der Waals surface area (Å²) >= 11 is 0. The average molecular weight is 397 g/mol. The van der Waals surface area contributed by atoms with Crippen LogP contribution in [0.3, 0.4) is 0 Å². The van der Waals surface area contributed by atoms with Gasteiger partial charge in [-0.1, -0.05) is 77.0 Å². The second-order valence-electron chi connectivity index (χ2n) is 11.9. The first-order valence-electron chi connectivity index (χ1n) is 12.4. The van der Waals surface area contributed by atoms with Crippen molar-refractivity contribution in [1.29, 1.82) is 0 Å². The molecule has 0 heterocycles. The Balaban J connectivity index is 1.57. The fraction of sp³-hybridized carbons (Fsp3) is 0.786. The number of hydrogen-bond acceptors (Lipinski definition) is 1. The molecular weight excluding hydrogens is 352 g/mol. The molecule has 0 aromatic rings. The quantitative estimate of drug-likeness (QED) is 0.493. The molecule has 1 N–H and O–H groups in total. The van der Waals surface area contributed by atoms with E-state index in [2.05, 4.69) is 65.8 Å². The van der Waals surface area contributed by atoms with E-state index in [9.17, 15) is 5.11 Å². The first-order valence-corrected chi connectivity index (χ1v) is 12.4. The highest BCUT2D eigenvalue weighted by molar-refractivity contribution is 5.39. The van der Waals surface area contributed by atoms with Crippen LogP contribution in [0.1, 0.15) is 86.5 Å². The van der Waals surface area contributed by atoms with Crippen LogP contribution in [0.2, 0.25) is 0 Å². The summed E-state index contributed by atoms with van der Waals surface area (Å²) in [6.45, 7) is 14.6. The number of aliphatic hydroxyl groups is 1. The Kier molecular flexibility index (Phi) is 5.69. The Morgan fingerprint density at radius 3 is 2.41 bits per heavy atom. The van der Waals surface area contributed by atoms with Crippen molar-refractivity contribution in [3.63, 3.8) is 0 Å². The van der Waals surface area contributed by atoms with Crippen LogP contribution in [-0.2, 0) is 0 Å². The van der Waals surface area contributed by atoms with Crippen molar-refractivity contribution in [1.82, 2.24) is 0 Å². The normalized spacial score (nSPS) is 44.0. The fourth-order valence-electron chi connectivity index (χ4n) is 7.59. The van der Waals surface area contributed by atoms with Crippen LogP contribution < -0.4 is 0 Å². The molecule has 3 fully saturated rings. The van der Waals surface area contributed by atoms with E-state index in [-0.39, 0.29) is 6.10 Å². The summed E-state index contributed by atoms with van der Waals surface area (Å²) in [4.78, 5) is 0. The zero-order chi connectivity index (χ0) is 21.0. The summed E-state index contributed by atoms with van der Waals surface area (Å²) in [5.41, 5.74) is 4.07. The van der Waals surface area contributed by atoms with Gasteiger partial charge in [-0.25, -0.2) is 0 Å². The molecule has 162 valence electrons. The lowest BCUT2D eigenvalue weighted by Crippen LogP contribution is -2.46. The summed E-state index contributed by atoms with van der Waals surface area (Å²) in [5, 5.41) is 10.2. The Labute approximate surface area is 179 Å². The minimum atomic E-state index is -0.116. The molecule has 0 aromatic carbocycles. The molecule has 29 heavy (non-hydrogen) atoms. The van der Waals surface area contributed by atoms with Gasteiger partial charge in [0.2, 0.25) is 0 Å². The molecule has 4 rings (SSSR count). The molecule has 4 aliphatic rings. The van der Waals surface area contributed by atoms with E-state index >= 15 is 0 Å². The summed E-state index contributed by atoms with van der Waals surface area (Å²) in [5.74, 6) is 4.38. The van der Waals surface area contributed by atoms with Crippen LogP contribution in [0.15, 0.2) is 35.5 Å². The highest BCUT2D eigenvalue weighted by Gasteiger charge is 2.56. The number of aliphatic hydroxyl groups excluding tert-OH is 1. The van der Waals surface area contributed by atoms with E-state index in [0.717, 1.165) is 36.5 Å². The average Bonchev–Trinajstić information content (AvgIpc) is 3.03. The summed E-state index contributed by atoms with van der Waals surface area (Å²) in [7, 11) is 0. The van der Waals surface area contributed by atoms with Gasteiger partial charge in [0.1, 0.15) is 0 Å². The van der Waals surface area contributed by atoms with Crippen molar-refractivity contribution in [2.45, 2.75) is 92.6 Å². The van der Waals surface area contributed by atoms with Gasteiger partial charge in [0, 0.05) is 0 Å². The number of allylic oxidation sites excluding steroid dienone is 5. The van der Waals surface area contributed by atoms with E-state index in [0.29, 0.717) is 22.7 Å². The van der Waals surface area contributed by atoms with Gasteiger partial charge in [0.15, 0.2) is 0 Å². The molecule has 0 bridgehead atoms. The Morgan fingerprint density at radius 2 is 1.69 bits per heavy atom. The van der Waals surface area contributed by atoms with Crippen LogP contribution >= 0.6 is 0 Å². The Hall–Kier alpha value is -0.820. The molecule has 0 radical (unpaired) electrons. The number of rotatable bonds is 4. The van der Waals surface area contributed by atoms with Gasteiger partial charge in [0.05, 0.1) is 6.10 Å². The minimum absolute atomic E-state index is 0.116. The van der Waals surface area contributed by atoms with E-state index < -0.39 is 0 Å². The molecule has 0 aliphatic heterocycles. The lowest BCUT2D eigenvalue weighted by molar-refractivity contribution is 0.0382. The second-order valence-corrected chi connectivity index (χ2v) is 11.9. The smallest absolute Gasteiger partial charge is 0.0578 e. The van der Waals surface area contributed by atoms with Gasteiger partial charge in [-0.3, -0.25) is 0 Å². The topological polar surface area (TPSA) is 20.2 Å². The molecule has 1 heteroatoms. The third-order valence-corrected chi connectivity index (χ3v) is 10.0. The highest BCUT2D eigenvalue weighted by atomic mass is 16.3. The predicted octanol–water partition coefficient (Wildman–Crippen LogP) is 7.33. The first kappa shape index (κ1) is 21.4. The van der Waals surface area contributed by atoms with Crippen LogP contribution in [0, 0.1) is 46.3 Å².